The van der Waals surface area contributed by atoms with Crippen LogP contribution in [0, 0.1) is 0 Å². The van der Waals surface area contributed by atoms with Crippen molar-refractivity contribution in [3.05, 3.63) is 29.3 Å². The summed E-state index contributed by atoms with van der Waals surface area (Å²) in [5.41, 5.74) is 0.635. The average Bonchev–Trinajstić information content (AvgIpc) is 2.81. The van der Waals surface area contributed by atoms with Gasteiger partial charge in [0, 0.05) is 25.2 Å². The van der Waals surface area contributed by atoms with Crippen LogP contribution in [0.1, 0.15) is 49.5 Å². The number of para-hydroxylation sites is 1. The zero-order valence-corrected chi connectivity index (χ0v) is 14.3. The van der Waals surface area contributed by atoms with Crippen molar-refractivity contribution in [2.45, 2.75) is 44.6 Å². The van der Waals surface area contributed by atoms with Crippen LogP contribution in [0.5, 0.6) is 0 Å². The number of hydrogen-bond acceptors (Lipinski definition) is 4. The number of nitrogens with zero attached hydrogens (tertiary/aromatic N) is 1. The second-order valence-electron chi connectivity index (χ2n) is 7.47. The Morgan fingerprint density at radius 1 is 1.25 bits per heavy atom. The van der Waals surface area contributed by atoms with E-state index >= 15 is 0 Å². The molecule has 6 nitrogen and oxygen atoms in total. The Morgan fingerprint density at radius 2 is 1.92 bits per heavy atom. The van der Waals surface area contributed by atoms with Crippen molar-refractivity contribution < 1.29 is 24.2 Å². The van der Waals surface area contributed by atoms with Crippen molar-refractivity contribution in [1.82, 2.24) is 0 Å². The highest BCUT2D eigenvalue weighted by Gasteiger charge is 2.48. The first kappa shape index (κ1) is 16.8. The second-order valence-corrected chi connectivity index (χ2v) is 7.47. The van der Waals surface area contributed by atoms with Gasteiger partial charge in [-0.3, -0.25) is 4.90 Å². The van der Waals surface area contributed by atoms with E-state index in [1.54, 1.807) is 26.8 Å². The summed E-state index contributed by atoms with van der Waals surface area (Å²) < 4.78 is 11.0. The van der Waals surface area contributed by atoms with E-state index in [9.17, 15) is 14.7 Å². The number of aromatic carboxylic acids is 1. The normalized spacial score (nSPS) is 19.2. The van der Waals surface area contributed by atoms with Crippen LogP contribution in [0.2, 0.25) is 0 Å². The Labute approximate surface area is 141 Å². The first-order valence-electron chi connectivity index (χ1n) is 8.19. The number of carboxylic acids is 1. The largest absolute Gasteiger partial charge is 0.478 e. The van der Waals surface area contributed by atoms with E-state index in [2.05, 4.69) is 0 Å². The number of fused-ring (bicyclic) bond motifs is 2. The number of anilines is 1. The number of hydrogen-bond donors (Lipinski definition) is 1. The first-order valence-corrected chi connectivity index (χ1v) is 8.19. The Morgan fingerprint density at radius 3 is 2.50 bits per heavy atom. The number of rotatable bonds is 1. The first-order chi connectivity index (χ1) is 11.2. The quantitative estimate of drug-likeness (QED) is 0.854. The van der Waals surface area contributed by atoms with Crippen molar-refractivity contribution in [2.75, 3.05) is 24.7 Å². The monoisotopic (exact) mass is 333 g/mol. The molecule has 1 amide bonds. The highest BCUT2D eigenvalue weighted by Crippen LogP contribution is 2.48. The number of ether oxygens (including phenoxy) is 2. The highest BCUT2D eigenvalue weighted by atomic mass is 16.6. The lowest BCUT2D eigenvalue weighted by Crippen LogP contribution is -2.42. The molecule has 1 spiro atoms. The molecule has 0 unspecified atom stereocenters. The summed E-state index contributed by atoms with van der Waals surface area (Å²) in [6.45, 7) is 7.06. The van der Waals surface area contributed by atoms with E-state index in [-0.39, 0.29) is 11.0 Å². The predicted molar refractivity (Wildman–Crippen MR) is 88.7 cm³/mol. The third-order valence-electron chi connectivity index (χ3n) is 4.63. The van der Waals surface area contributed by atoms with Crippen LogP contribution in [0.4, 0.5) is 10.5 Å². The maximum atomic E-state index is 12.7. The minimum Gasteiger partial charge on any atom is -0.478 e. The lowest BCUT2D eigenvalue weighted by molar-refractivity contribution is 0.0473. The molecule has 6 heteroatoms. The van der Waals surface area contributed by atoms with Gasteiger partial charge >= 0.3 is 12.1 Å². The van der Waals surface area contributed by atoms with Crippen molar-refractivity contribution in [2.24, 2.45) is 0 Å². The van der Waals surface area contributed by atoms with Crippen LogP contribution in [0.25, 0.3) is 0 Å². The van der Waals surface area contributed by atoms with E-state index in [0.717, 1.165) is 18.4 Å². The van der Waals surface area contributed by atoms with Crippen LogP contribution in [-0.4, -0.2) is 42.5 Å². The highest BCUT2D eigenvalue weighted by molar-refractivity contribution is 6.02. The van der Waals surface area contributed by atoms with Crippen LogP contribution >= 0.6 is 0 Å². The fourth-order valence-corrected chi connectivity index (χ4v) is 3.56. The second kappa shape index (κ2) is 5.77. The minimum absolute atomic E-state index is 0.140. The zero-order chi connectivity index (χ0) is 17.5. The summed E-state index contributed by atoms with van der Waals surface area (Å²) in [5.74, 6) is -1.04. The van der Waals surface area contributed by atoms with Gasteiger partial charge in [0.15, 0.2) is 0 Å². The smallest absolute Gasteiger partial charge is 0.414 e. The summed E-state index contributed by atoms with van der Waals surface area (Å²) in [5, 5.41) is 9.56. The van der Waals surface area contributed by atoms with Crippen molar-refractivity contribution >= 4 is 17.7 Å². The molecule has 3 rings (SSSR count). The lowest BCUT2D eigenvalue weighted by Gasteiger charge is -2.34. The van der Waals surface area contributed by atoms with Crippen LogP contribution in [0.15, 0.2) is 18.2 Å². The Balaban J connectivity index is 2.08. The van der Waals surface area contributed by atoms with Crippen molar-refractivity contribution in [3.63, 3.8) is 0 Å². The number of carboxylic acid groups (broad SMARTS) is 1. The van der Waals surface area contributed by atoms with Gasteiger partial charge in [-0.1, -0.05) is 12.1 Å². The predicted octanol–water partition coefficient (Wildman–Crippen LogP) is 3.19. The minimum atomic E-state index is -1.04. The molecule has 1 aromatic rings. The number of benzene rings is 1. The Kier molecular flexibility index (Phi) is 4.03. The number of amides is 1. The molecule has 0 saturated carbocycles. The van der Waals surface area contributed by atoms with E-state index in [4.69, 9.17) is 9.47 Å². The molecule has 2 aliphatic heterocycles. The lowest BCUT2D eigenvalue weighted by atomic mass is 9.75. The fraction of sp³-hybridized carbons (Fsp3) is 0.556. The molecule has 0 radical (unpaired) electrons. The van der Waals surface area contributed by atoms with Crippen LogP contribution in [0.3, 0.4) is 0 Å². The third kappa shape index (κ3) is 2.86. The van der Waals surface area contributed by atoms with Gasteiger partial charge in [0.1, 0.15) is 5.60 Å². The molecule has 0 atom stereocenters. The average molecular weight is 333 g/mol. The number of carbonyl (C=O) groups excluding carboxylic acids is 1. The Hall–Kier alpha value is -2.08. The van der Waals surface area contributed by atoms with E-state index in [0.29, 0.717) is 25.4 Å². The maximum absolute atomic E-state index is 12.7. The SMILES string of the molecule is CC(C)(C)OC(=O)N1CC2(CCOCC2)c2cccc(C(=O)O)c21. The summed E-state index contributed by atoms with van der Waals surface area (Å²) in [7, 11) is 0. The number of carbonyl (C=O) groups is 2. The molecular weight excluding hydrogens is 310 g/mol. The molecular formula is C18H23NO5. The van der Waals surface area contributed by atoms with Gasteiger partial charge in [-0.05, 0) is 45.2 Å². The molecule has 1 saturated heterocycles. The van der Waals surface area contributed by atoms with E-state index in [1.807, 2.05) is 6.07 Å². The molecule has 0 aromatic heterocycles. The molecule has 24 heavy (non-hydrogen) atoms. The van der Waals surface area contributed by atoms with Gasteiger partial charge in [-0.2, -0.15) is 0 Å². The van der Waals surface area contributed by atoms with Crippen LogP contribution in [-0.2, 0) is 14.9 Å². The molecule has 2 aliphatic rings. The van der Waals surface area contributed by atoms with Gasteiger partial charge in [0.2, 0.25) is 0 Å². The molecule has 130 valence electrons. The van der Waals surface area contributed by atoms with Gasteiger partial charge in [0.25, 0.3) is 0 Å². The van der Waals surface area contributed by atoms with Crippen LogP contribution < -0.4 is 4.90 Å². The van der Waals surface area contributed by atoms with Gasteiger partial charge in [-0.15, -0.1) is 0 Å². The van der Waals surface area contributed by atoms with E-state index in [1.165, 1.54) is 11.0 Å². The van der Waals surface area contributed by atoms with Gasteiger partial charge in [-0.25, -0.2) is 9.59 Å². The standard InChI is InChI=1S/C18H23NO5/c1-17(2,3)24-16(22)19-11-18(7-9-23-10-8-18)13-6-4-5-12(14(13)19)15(20)21/h4-6H,7-11H2,1-3H3,(H,20,21). The maximum Gasteiger partial charge on any atom is 0.414 e. The topological polar surface area (TPSA) is 76.1 Å². The van der Waals surface area contributed by atoms with Gasteiger partial charge in [0.05, 0.1) is 11.3 Å². The zero-order valence-electron chi connectivity index (χ0n) is 14.3. The Bertz CT molecular complexity index is 670. The summed E-state index contributed by atoms with van der Waals surface area (Å²) in [4.78, 5) is 25.9. The van der Waals surface area contributed by atoms with Crippen molar-refractivity contribution in [1.29, 1.82) is 0 Å². The van der Waals surface area contributed by atoms with E-state index < -0.39 is 17.7 Å². The summed E-state index contributed by atoms with van der Waals surface area (Å²) in [6.07, 6.45) is 1.03. The molecule has 1 N–H and O–H groups in total. The van der Waals surface area contributed by atoms with Crippen molar-refractivity contribution in [3.8, 4) is 0 Å². The molecule has 0 aliphatic carbocycles. The summed E-state index contributed by atoms with van der Waals surface area (Å²) >= 11 is 0. The molecule has 2 heterocycles. The third-order valence-corrected chi connectivity index (χ3v) is 4.63. The van der Waals surface area contributed by atoms with Gasteiger partial charge < -0.3 is 14.6 Å². The summed E-state index contributed by atoms with van der Waals surface area (Å²) in [6, 6.07) is 5.21. The molecule has 1 fully saturated rings. The molecule has 1 aromatic carbocycles. The fourth-order valence-electron chi connectivity index (χ4n) is 3.56. The molecule has 0 bridgehead atoms.